The Kier molecular flexibility index (Phi) is 5.67. The summed E-state index contributed by atoms with van der Waals surface area (Å²) in [5.74, 6) is -0.163. The van der Waals surface area contributed by atoms with Crippen LogP contribution in [0.1, 0.15) is 34.5 Å². The van der Waals surface area contributed by atoms with Crippen molar-refractivity contribution < 1.29 is 13.2 Å². The molecule has 0 saturated carbocycles. The Morgan fingerprint density at radius 1 is 1.17 bits per heavy atom. The van der Waals surface area contributed by atoms with Gasteiger partial charge in [-0.2, -0.15) is 0 Å². The smallest absolute Gasteiger partial charge is 0.254 e. The van der Waals surface area contributed by atoms with Crippen molar-refractivity contribution in [2.24, 2.45) is 0 Å². The number of hydrogen-bond acceptors (Lipinski definition) is 3. The molecule has 4 nitrogen and oxygen atoms in total. The summed E-state index contributed by atoms with van der Waals surface area (Å²) in [6.45, 7) is 1.93. The van der Waals surface area contributed by atoms with E-state index in [0.29, 0.717) is 16.1 Å². The van der Waals surface area contributed by atoms with Crippen molar-refractivity contribution in [2.75, 3.05) is 13.3 Å². The molecule has 0 spiro atoms. The topological polar surface area (TPSA) is 54.5 Å². The van der Waals surface area contributed by atoms with Crippen LogP contribution in [-0.4, -0.2) is 32.5 Å². The second kappa shape index (κ2) is 7.36. The summed E-state index contributed by atoms with van der Waals surface area (Å²) < 4.78 is 22.6. The summed E-state index contributed by atoms with van der Waals surface area (Å²) in [5, 5.41) is 0.630. The number of rotatable bonds is 5. The quantitative estimate of drug-likeness (QED) is 0.811. The summed E-state index contributed by atoms with van der Waals surface area (Å²) in [4.78, 5) is 14.3. The normalized spacial score (nSPS) is 12.7. The molecular weight excluding hydrogens is 346 g/mol. The maximum absolute atomic E-state index is 12.6. The number of carbonyl (C=O) groups is 1. The van der Waals surface area contributed by atoms with E-state index >= 15 is 0 Å². The monoisotopic (exact) mass is 365 g/mol. The lowest BCUT2D eigenvalue weighted by molar-refractivity contribution is 0.0742. The van der Waals surface area contributed by atoms with Crippen molar-refractivity contribution in [2.45, 2.75) is 18.7 Å². The van der Waals surface area contributed by atoms with Crippen LogP contribution >= 0.6 is 11.6 Å². The third kappa shape index (κ3) is 4.82. The molecule has 0 aliphatic rings. The molecule has 0 bridgehead atoms. The summed E-state index contributed by atoms with van der Waals surface area (Å²) in [7, 11) is -1.35. The molecule has 1 atom stereocenters. The van der Waals surface area contributed by atoms with Gasteiger partial charge in [0.1, 0.15) is 0 Å². The van der Waals surface area contributed by atoms with Crippen molar-refractivity contribution in [3.8, 4) is 0 Å². The largest absolute Gasteiger partial charge is 0.335 e. The Morgan fingerprint density at radius 3 is 2.33 bits per heavy atom. The number of benzene rings is 2. The van der Waals surface area contributed by atoms with Crippen LogP contribution in [0.4, 0.5) is 0 Å². The van der Waals surface area contributed by atoms with Crippen molar-refractivity contribution >= 4 is 27.3 Å². The second-order valence-corrected chi connectivity index (χ2v) is 8.49. The molecule has 0 radical (unpaired) electrons. The zero-order chi connectivity index (χ0) is 17.9. The van der Waals surface area contributed by atoms with Gasteiger partial charge >= 0.3 is 0 Å². The summed E-state index contributed by atoms with van der Waals surface area (Å²) >= 11 is 6.01. The first-order valence-corrected chi connectivity index (χ1v) is 9.90. The molecule has 2 aromatic rings. The van der Waals surface area contributed by atoms with E-state index in [0.717, 1.165) is 5.56 Å². The van der Waals surface area contributed by atoms with Gasteiger partial charge in [0.2, 0.25) is 0 Å². The summed E-state index contributed by atoms with van der Waals surface area (Å²) in [6, 6.07) is 13.9. The third-order valence-corrected chi connectivity index (χ3v) is 4.95. The molecule has 0 heterocycles. The number of carbonyl (C=O) groups excluding carboxylic acids is 1. The summed E-state index contributed by atoms with van der Waals surface area (Å²) in [5.41, 5.74) is 2.13. The lowest BCUT2D eigenvalue weighted by atomic mass is 10.1. The molecule has 0 saturated heterocycles. The Morgan fingerprint density at radius 2 is 1.79 bits per heavy atom. The number of halogens is 1. The first-order chi connectivity index (χ1) is 11.2. The summed E-state index contributed by atoms with van der Waals surface area (Å²) in [6.07, 6.45) is 1.19. The first-order valence-electron chi connectivity index (χ1n) is 7.46. The van der Waals surface area contributed by atoms with E-state index in [1.165, 1.54) is 6.26 Å². The fourth-order valence-corrected chi connectivity index (χ4v) is 3.41. The lowest BCUT2D eigenvalue weighted by Crippen LogP contribution is -2.29. The molecule has 2 aromatic carbocycles. The van der Waals surface area contributed by atoms with Gasteiger partial charge in [-0.15, -0.1) is 0 Å². The number of amides is 1. The van der Waals surface area contributed by atoms with Crippen LogP contribution in [-0.2, 0) is 15.6 Å². The van der Waals surface area contributed by atoms with Gasteiger partial charge in [0.05, 0.1) is 11.8 Å². The van der Waals surface area contributed by atoms with Crippen molar-refractivity contribution in [1.29, 1.82) is 0 Å². The Labute approximate surface area is 148 Å². The molecule has 1 amide bonds. The second-order valence-electron chi connectivity index (χ2n) is 5.91. The average Bonchev–Trinajstić information content (AvgIpc) is 2.52. The lowest BCUT2D eigenvalue weighted by Gasteiger charge is -2.25. The highest BCUT2D eigenvalue weighted by molar-refractivity contribution is 7.89. The van der Waals surface area contributed by atoms with E-state index in [1.54, 1.807) is 42.3 Å². The van der Waals surface area contributed by atoms with Gasteiger partial charge in [0.15, 0.2) is 9.84 Å². The van der Waals surface area contributed by atoms with Gasteiger partial charge in [-0.3, -0.25) is 4.79 Å². The molecule has 0 aliphatic heterocycles. The molecule has 128 valence electrons. The third-order valence-electron chi connectivity index (χ3n) is 3.86. The zero-order valence-electron chi connectivity index (χ0n) is 13.9. The molecule has 6 heteroatoms. The molecule has 0 fully saturated rings. The average molecular weight is 366 g/mol. The number of sulfone groups is 1. The Hall–Kier alpha value is -1.85. The van der Waals surface area contributed by atoms with Gasteiger partial charge in [-0.25, -0.2) is 8.42 Å². The highest BCUT2D eigenvalue weighted by atomic mass is 35.5. The van der Waals surface area contributed by atoms with E-state index < -0.39 is 9.84 Å². The first kappa shape index (κ1) is 18.5. The van der Waals surface area contributed by atoms with Crippen LogP contribution in [0.5, 0.6) is 0 Å². The van der Waals surface area contributed by atoms with E-state index in [1.807, 2.05) is 25.1 Å². The molecule has 2 rings (SSSR count). The van der Waals surface area contributed by atoms with Crippen LogP contribution in [0.2, 0.25) is 5.02 Å². The minimum absolute atomic E-state index is 0.0315. The van der Waals surface area contributed by atoms with Crippen LogP contribution < -0.4 is 0 Å². The van der Waals surface area contributed by atoms with Gasteiger partial charge < -0.3 is 4.90 Å². The minimum atomic E-state index is -3.09. The van der Waals surface area contributed by atoms with E-state index in [2.05, 4.69) is 0 Å². The molecule has 0 aromatic heterocycles. The maximum Gasteiger partial charge on any atom is 0.254 e. The number of hydrogen-bond donors (Lipinski definition) is 0. The number of nitrogens with zero attached hydrogens (tertiary/aromatic N) is 1. The van der Waals surface area contributed by atoms with Gasteiger partial charge in [-0.1, -0.05) is 35.9 Å². The molecule has 0 aliphatic carbocycles. The van der Waals surface area contributed by atoms with Gasteiger partial charge in [0, 0.05) is 23.9 Å². The predicted molar refractivity (Wildman–Crippen MR) is 97.0 cm³/mol. The molecule has 24 heavy (non-hydrogen) atoms. The van der Waals surface area contributed by atoms with Crippen molar-refractivity contribution in [3.05, 3.63) is 70.2 Å². The van der Waals surface area contributed by atoms with Crippen molar-refractivity contribution in [1.82, 2.24) is 4.90 Å². The maximum atomic E-state index is 12.6. The molecule has 0 N–H and O–H groups in total. The van der Waals surface area contributed by atoms with Gasteiger partial charge in [-0.05, 0) is 42.3 Å². The standard InChI is InChI=1S/C18H20ClNO3S/c1-13(16-5-4-6-17(19)11-16)20(2)18(21)15-9-7-14(8-10-15)12-24(3,22)23/h4-11,13H,12H2,1-3H3/t13-/m1/s1. The van der Waals surface area contributed by atoms with Gasteiger partial charge in [0.25, 0.3) is 5.91 Å². The highest BCUT2D eigenvalue weighted by Gasteiger charge is 2.19. The van der Waals surface area contributed by atoms with Crippen LogP contribution in [0.25, 0.3) is 0 Å². The fourth-order valence-electron chi connectivity index (χ4n) is 2.42. The van der Waals surface area contributed by atoms with Crippen LogP contribution in [0.15, 0.2) is 48.5 Å². The highest BCUT2D eigenvalue weighted by Crippen LogP contribution is 2.23. The van der Waals surface area contributed by atoms with E-state index in [-0.39, 0.29) is 17.7 Å². The predicted octanol–water partition coefficient (Wildman–Crippen LogP) is 3.72. The van der Waals surface area contributed by atoms with Crippen molar-refractivity contribution in [3.63, 3.8) is 0 Å². The fraction of sp³-hybridized carbons (Fsp3) is 0.278. The SMILES string of the molecule is C[C@H](c1cccc(Cl)c1)N(C)C(=O)c1ccc(CS(C)(=O)=O)cc1. The van der Waals surface area contributed by atoms with E-state index in [4.69, 9.17) is 11.6 Å². The zero-order valence-corrected chi connectivity index (χ0v) is 15.4. The minimum Gasteiger partial charge on any atom is -0.335 e. The van der Waals surface area contributed by atoms with Crippen LogP contribution in [0.3, 0.4) is 0 Å². The van der Waals surface area contributed by atoms with E-state index in [9.17, 15) is 13.2 Å². The van der Waals surface area contributed by atoms with Crippen LogP contribution in [0, 0.1) is 0 Å². The Bertz CT molecular complexity index is 832. The molecule has 0 unspecified atom stereocenters. The Balaban J connectivity index is 2.15. The molecular formula is C18H20ClNO3S.